The van der Waals surface area contributed by atoms with Crippen molar-refractivity contribution in [2.75, 3.05) is 46.1 Å². The Morgan fingerprint density at radius 1 is 0.721 bits per heavy atom. The largest absolute Gasteiger partial charge is 0.379 e. The average molecular weight is 848 g/mol. The maximum absolute atomic E-state index is 6.65. The Morgan fingerprint density at radius 2 is 1.44 bits per heavy atom. The third-order valence-corrected chi connectivity index (χ3v) is 17.2. The molecule has 4 aliphatic carbocycles. The summed E-state index contributed by atoms with van der Waals surface area (Å²) in [5.74, 6) is 5.44. The molecule has 5 aliphatic rings. The Labute approximate surface area is 379 Å². The normalized spacial score (nSPS) is 30.5. The number of unbranched alkanes of at least 4 members (excludes halogenated alkanes) is 10. The quantitative estimate of drug-likeness (QED) is 0.0514. The molecule has 3 saturated carbocycles. The van der Waals surface area contributed by atoms with Gasteiger partial charge in [0.05, 0.1) is 18.8 Å². The Bertz CT molecular complexity index is 1250. The van der Waals surface area contributed by atoms with Crippen LogP contribution in [0, 0.1) is 46.3 Å². The minimum Gasteiger partial charge on any atom is -0.379 e. The third-order valence-electron chi connectivity index (χ3n) is 17.2. The van der Waals surface area contributed by atoms with Crippen LogP contribution in [0.5, 0.6) is 0 Å². The Kier molecular flexibility index (Phi) is 23.6. The summed E-state index contributed by atoms with van der Waals surface area (Å²) in [7, 11) is 0. The molecule has 1 aliphatic heterocycles. The minimum atomic E-state index is 0.188. The summed E-state index contributed by atoms with van der Waals surface area (Å²) in [6, 6.07) is 0. The summed E-state index contributed by atoms with van der Waals surface area (Å²) in [6.45, 7) is 21.9. The molecular formula is C57H101NO3. The molecule has 1 heterocycles. The monoisotopic (exact) mass is 848 g/mol. The second kappa shape index (κ2) is 28.2. The fraction of sp³-hybridized carbons (Fsp3) is 0.895. The molecule has 61 heavy (non-hydrogen) atoms. The van der Waals surface area contributed by atoms with E-state index in [-0.39, 0.29) is 6.10 Å². The van der Waals surface area contributed by atoms with E-state index in [2.05, 4.69) is 76.8 Å². The van der Waals surface area contributed by atoms with Crippen LogP contribution in [0.2, 0.25) is 0 Å². The van der Waals surface area contributed by atoms with E-state index >= 15 is 0 Å². The maximum Gasteiger partial charge on any atom is 0.0934 e. The number of ether oxygens (including phenoxy) is 3. The number of likely N-dealkylation sites (tertiary alicyclic amines) is 1. The van der Waals surface area contributed by atoms with Crippen LogP contribution in [0.15, 0.2) is 36.0 Å². The van der Waals surface area contributed by atoms with Crippen molar-refractivity contribution >= 4 is 0 Å². The summed E-state index contributed by atoms with van der Waals surface area (Å²) in [5, 5.41) is 0. The van der Waals surface area contributed by atoms with Gasteiger partial charge in [0.2, 0.25) is 0 Å². The van der Waals surface area contributed by atoms with E-state index in [1.54, 1.807) is 5.57 Å². The third kappa shape index (κ3) is 16.5. The van der Waals surface area contributed by atoms with Gasteiger partial charge in [-0.2, -0.15) is 0 Å². The van der Waals surface area contributed by atoms with Crippen molar-refractivity contribution in [3.05, 3.63) is 36.0 Å². The first-order valence-electron chi connectivity index (χ1n) is 27.3. The topological polar surface area (TPSA) is 30.9 Å². The van der Waals surface area contributed by atoms with Gasteiger partial charge in [0, 0.05) is 26.4 Å². The van der Waals surface area contributed by atoms with Gasteiger partial charge >= 0.3 is 0 Å². The zero-order valence-electron chi connectivity index (χ0n) is 41.4. The molecule has 0 amide bonds. The Morgan fingerprint density at radius 3 is 2.21 bits per heavy atom. The molecule has 0 aromatic carbocycles. The lowest BCUT2D eigenvalue weighted by Crippen LogP contribution is -2.51. The first kappa shape index (κ1) is 51.1. The van der Waals surface area contributed by atoms with Crippen molar-refractivity contribution in [1.29, 1.82) is 0 Å². The molecule has 0 aromatic rings. The summed E-state index contributed by atoms with van der Waals surface area (Å²) in [5.41, 5.74) is 2.75. The highest BCUT2D eigenvalue weighted by Crippen LogP contribution is 2.67. The van der Waals surface area contributed by atoms with Crippen LogP contribution in [-0.4, -0.2) is 63.2 Å². The van der Waals surface area contributed by atoms with Crippen molar-refractivity contribution in [1.82, 2.24) is 4.90 Å². The first-order chi connectivity index (χ1) is 29.7. The van der Waals surface area contributed by atoms with E-state index in [4.69, 9.17) is 14.2 Å². The van der Waals surface area contributed by atoms with Gasteiger partial charge in [-0.15, -0.1) is 0 Å². The van der Waals surface area contributed by atoms with E-state index in [1.165, 1.54) is 174 Å². The van der Waals surface area contributed by atoms with Gasteiger partial charge in [-0.3, -0.25) is 0 Å². The Hall–Kier alpha value is -0.940. The molecule has 0 aromatic heterocycles. The number of hydrogen-bond acceptors (Lipinski definition) is 4. The molecule has 4 nitrogen and oxygen atoms in total. The lowest BCUT2D eigenvalue weighted by molar-refractivity contribution is -0.0649. The number of nitrogens with zero attached hydrogens (tertiary/aromatic N) is 1. The zero-order chi connectivity index (χ0) is 43.2. The van der Waals surface area contributed by atoms with Gasteiger partial charge in [-0.05, 0) is 175 Å². The summed E-state index contributed by atoms with van der Waals surface area (Å²) in [6.07, 6.45) is 49.7. The Balaban J connectivity index is 0.927. The molecule has 4 fully saturated rings. The van der Waals surface area contributed by atoms with Crippen LogP contribution in [0.3, 0.4) is 0 Å². The highest BCUT2D eigenvalue weighted by atomic mass is 16.5. The SMILES string of the molecule is CCCCC/C=C\C/C=C\CCCCCCCCOCC(CN1CCCCC1)OCCCCOC1CCC2(C)C(=CCC3C2CCC2(C)C3CC[C@@H]2[C@H](C)CCCC(C)C)C1. The molecule has 5 rings (SSSR count). The van der Waals surface area contributed by atoms with Crippen LogP contribution >= 0.6 is 0 Å². The van der Waals surface area contributed by atoms with Gasteiger partial charge in [0.25, 0.3) is 0 Å². The minimum absolute atomic E-state index is 0.188. The summed E-state index contributed by atoms with van der Waals surface area (Å²) >= 11 is 0. The average Bonchev–Trinajstić information content (AvgIpc) is 3.62. The zero-order valence-corrected chi connectivity index (χ0v) is 41.4. The van der Waals surface area contributed by atoms with Crippen LogP contribution < -0.4 is 0 Å². The number of allylic oxidation sites excluding steroid dienone is 5. The van der Waals surface area contributed by atoms with E-state index in [9.17, 15) is 0 Å². The van der Waals surface area contributed by atoms with Crippen molar-refractivity contribution in [2.24, 2.45) is 46.3 Å². The van der Waals surface area contributed by atoms with Gasteiger partial charge in [0.1, 0.15) is 0 Å². The standard InChI is InChI=1S/C57H101NO3/c1-7-8-9-10-11-12-13-14-15-16-17-18-19-20-21-25-41-59-46-51(45-58-39-23-22-24-40-58)61-43-27-26-42-60-50-35-37-56(5)49(44-50)31-32-52-54-34-33-53(48(4)30-28-29-47(2)3)57(54,6)38-36-55(52)56/h11-12,14-15,31,47-48,50-55H,7-10,13,16-30,32-46H2,1-6H3/b12-11-,15-14-/t48-,50?,51?,52?,53-,54?,55?,56?,57?/m1/s1. The van der Waals surface area contributed by atoms with E-state index in [0.29, 0.717) is 16.9 Å². The van der Waals surface area contributed by atoms with Gasteiger partial charge in [0.15, 0.2) is 0 Å². The summed E-state index contributed by atoms with van der Waals surface area (Å²) in [4.78, 5) is 2.62. The maximum atomic E-state index is 6.65. The molecule has 4 heteroatoms. The predicted octanol–water partition coefficient (Wildman–Crippen LogP) is 15.9. The first-order valence-corrected chi connectivity index (χ1v) is 27.3. The molecule has 0 bridgehead atoms. The molecule has 9 atom stereocenters. The number of hydrogen-bond donors (Lipinski definition) is 0. The van der Waals surface area contributed by atoms with Crippen LogP contribution in [0.4, 0.5) is 0 Å². The molecule has 0 N–H and O–H groups in total. The number of rotatable bonds is 31. The van der Waals surface area contributed by atoms with E-state index in [0.717, 1.165) is 87.7 Å². The molecule has 1 saturated heterocycles. The fourth-order valence-electron chi connectivity index (χ4n) is 13.5. The highest BCUT2D eigenvalue weighted by Gasteiger charge is 2.59. The van der Waals surface area contributed by atoms with Crippen LogP contribution in [0.25, 0.3) is 0 Å². The van der Waals surface area contributed by atoms with Gasteiger partial charge < -0.3 is 19.1 Å². The smallest absolute Gasteiger partial charge is 0.0934 e. The molecule has 0 radical (unpaired) electrons. The second-order valence-corrected chi connectivity index (χ2v) is 22.2. The number of fused-ring (bicyclic) bond motifs is 5. The van der Waals surface area contributed by atoms with Crippen LogP contribution in [0.1, 0.15) is 221 Å². The lowest BCUT2D eigenvalue weighted by atomic mass is 9.47. The van der Waals surface area contributed by atoms with Gasteiger partial charge in [-0.25, -0.2) is 0 Å². The van der Waals surface area contributed by atoms with Crippen molar-refractivity contribution < 1.29 is 14.2 Å². The van der Waals surface area contributed by atoms with Crippen LogP contribution in [-0.2, 0) is 14.2 Å². The van der Waals surface area contributed by atoms with E-state index in [1.807, 2.05) is 0 Å². The highest BCUT2D eigenvalue weighted by molar-refractivity contribution is 5.25. The van der Waals surface area contributed by atoms with Crippen molar-refractivity contribution in [2.45, 2.75) is 234 Å². The summed E-state index contributed by atoms with van der Waals surface area (Å²) < 4.78 is 19.5. The molecular weight excluding hydrogens is 747 g/mol. The lowest BCUT2D eigenvalue weighted by Gasteiger charge is -2.58. The van der Waals surface area contributed by atoms with E-state index < -0.39 is 0 Å². The van der Waals surface area contributed by atoms with Gasteiger partial charge in [-0.1, -0.05) is 142 Å². The van der Waals surface area contributed by atoms with Crippen molar-refractivity contribution in [3.63, 3.8) is 0 Å². The molecule has 0 spiro atoms. The number of piperidine rings is 1. The fourth-order valence-corrected chi connectivity index (χ4v) is 13.5. The predicted molar refractivity (Wildman–Crippen MR) is 262 cm³/mol. The molecule has 7 unspecified atom stereocenters. The molecule has 352 valence electrons. The second-order valence-electron chi connectivity index (χ2n) is 22.2. The van der Waals surface area contributed by atoms with Crippen molar-refractivity contribution in [3.8, 4) is 0 Å².